The molecule has 0 fully saturated rings. The summed E-state index contributed by atoms with van der Waals surface area (Å²) in [5, 5.41) is 6.47. The number of aryl methyl sites for hydroxylation is 2. The number of halogens is 1. The summed E-state index contributed by atoms with van der Waals surface area (Å²) in [5.74, 6) is -0.0106. The Hall–Kier alpha value is -1.43. The third-order valence-electron chi connectivity index (χ3n) is 2.97. The minimum absolute atomic E-state index is 0. The van der Waals surface area contributed by atoms with E-state index in [1.54, 1.807) is 0 Å². The van der Waals surface area contributed by atoms with Gasteiger partial charge < -0.3 is 10.6 Å². The van der Waals surface area contributed by atoms with Crippen LogP contribution in [0, 0.1) is 13.8 Å². The maximum Gasteiger partial charge on any atom is 0.227 e. The predicted molar refractivity (Wildman–Crippen MR) is 91.4 cm³/mol. The monoisotopic (exact) mass is 325 g/mol. The van der Waals surface area contributed by atoms with Gasteiger partial charge in [-0.1, -0.05) is 29.8 Å². The quantitative estimate of drug-likeness (QED) is 0.886. The van der Waals surface area contributed by atoms with Crippen LogP contribution in [-0.4, -0.2) is 24.5 Å². The van der Waals surface area contributed by atoms with Gasteiger partial charge in [-0.2, -0.15) is 0 Å². The standard InChI is InChI=1S/C15H19N3OS.ClH/c1-10-4-6-12(7-5-10)14-11(2)20-15(18-14)17-13(19)8-9-16-3;/h4-7,16H,8-9H2,1-3H3,(H,17,18,19);1H. The highest BCUT2D eigenvalue weighted by Crippen LogP contribution is 2.30. The first-order chi connectivity index (χ1) is 9.60. The van der Waals surface area contributed by atoms with E-state index in [4.69, 9.17) is 0 Å². The Kier molecular flexibility index (Phi) is 6.81. The van der Waals surface area contributed by atoms with Crippen molar-refractivity contribution < 1.29 is 4.79 Å². The zero-order valence-electron chi connectivity index (χ0n) is 12.4. The average molecular weight is 326 g/mol. The summed E-state index contributed by atoms with van der Waals surface area (Å²) < 4.78 is 0. The summed E-state index contributed by atoms with van der Waals surface area (Å²) >= 11 is 1.51. The molecule has 114 valence electrons. The number of hydrogen-bond acceptors (Lipinski definition) is 4. The number of carbonyl (C=O) groups excluding carboxylic acids is 1. The lowest BCUT2D eigenvalue weighted by atomic mass is 10.1. The van der Waals surface area contributed by atoms with Gasteiger partial charge in [-0.05, 0) is 20.9 Å². The lowest BCUT2D eigenvalue weighted by molar-refractivity contribution is -0.116. The molecule has 6 heteroatoms. The number of thiazole rings is 1. The summed E-state index contributed by atoms with van der Waals surface area (Å²) in [6.45, 7) is 4.75. The largest absolute Gasteiger partial charge is 0.319 e. The molecule has 1 amide bonds. The molecule has 1 heterocycles. The predicted octanol–water partition coefficient (Wildman–Crippen LogP) is 3.40. The number of nitrogens with one attached hydrogen (secondary N) is 2. The highest BCUT2D eigenvalue weighted by atomic mass is 35.5. The number of carbonyl (C=O) groups is 1. The van der Waals surface area contributed by atoms with Crippen molar-refractivity contribution in [1.82, 2.24) is 10.3 Å². The molecule has 0 aliphatic heterocycles. The second-order valence-corrected chi connectivity index (χ2v) is 5.89. The lowest BCUT2D eigenvalue weighted by Gasteiger charge is -2.01. The molecule has 2 rings (SSSR count). The fourth-order valence-corrected chi connectivity index (χ4v) is 2.70. The molecule has 0 aliphatic carbocycles. The fraction of sp³-hybridized carbons (Fsp3) is 0.333. The second-order valence-electron chi connectivity index (χ2n) is 4.69. The lowest BCUT2D eigenvalue weighted by Crippen LogP contribution is -2.18. The first-order valence-corrected chi connectivity index (χ1v) is 7.40. The molecule has 0 atom stereocenters. The fourth-order valence-electron chi connectivity index (χ4n) is 1.85. The van der Waals surface area contributed by atoms with Gasteiger partial charge in [0.2, 0.25) is 5.91 Å². The van der Waals surface area contributed by atoms with Crippen LogP contribution in [0.15, 0.2) is 24.3 Å². The Labute approximate surface area is 135 Å². The molecule has 21 heavy (non-hydrogen) atoms. The van der Waals surface area contributed by atoms with Crippen LogP contribution in [0.25, 0.3) is 11.3 Å². The Morgan fingerprint density at radius 2 is 1.90 bits per heavy atom. The molecule has 0 radical (unpaired) electrons. The summed E-state index contributed by atoms with van der Waals surface area (Å²) in [6, 6.07) is 8.26. The zero-order chi connectivity index (χ0) is 14.5. The molecule has 1 aromatic heterocycles. The Morgan fingerprint density at radius 1 is 1.24 bits per heavy atom. The number of rotatable bonds is 5. The molecule has 0 saturated heterocycles. The molecule has 2 N–H and O–H groups in total. The van der Waals surface area contributed by atoms with Gasteiger partial charge in [-0.3, -0.25) is 4.79 Å². The van der Waals surface area contributed by atoms with E-state index in [9.17, 15) is 4.79 Å². The van der Waals surface area contributed by atoms with E-state index in [2.05, 4.69) is 46.8 Å². The van der Waals surface area contributed by atoms with E-state index in [1.165, 1.54) is 16.9 Å². The summed E-state index contributed by atoms with van der Waals surface area (Å²) in [6.07, 6.45) is 0.453. The first kappa shape index (κ1) is 17.6. The van der Waals surface area contributed by atoms with E-state index in [0.29, 0.717) is 18.1 Å². The average Bonchev–Trinajstić information content (AvgIpc) is 2.78. The molecule has 0 unspecified atom stereocenters. The van der Waals surface area contributed by atoms with Gasteiger partial charge >= 0.3 is 0 Å². The number of anilines is 1. The van der Waals surface area contributed by atoms with Gasteiger partial charge in [-0.15, -0.1) is 23.7 Å². The Bertz CT molecular complexity index is 595. The maximum atomic E-state index is 11.7. The van der Waals surface area contributed by atoms with Crippen LogP contribution < -0.4 is 10.6 Å². The van der Waals surface area contributed by atoms with Crippen LogP contribution in [0.3, 0.4) is 0 Å². The Balaban J connectivity index is 0.00000220. The van der Waals surface area contributed by atoms with Crippen LogP contribution in [0.2, 0.25) is 0 Å². The summed E-state index contributed by atoms with van der Waals surface area (Å²) in [7, 11) is 1.83. The molecule has 0 aliphatic rings. The van der Waals surface area contributed by atoms with Crippen molar-refractivity contribution in [3.05, 3.63) is 34.7 Å². The van der Waals surface area contributed by atoms with E-state index in [1.807, 2.05) is 14.0 Å². The van der Waals surface area contributed by atoms with Gasteiger partial charge in [-0.25, -0.2) is 4.98 Å². The third kappa shape index (κ3) is 4.81. The summed E-state index contributed by atoms with van der Waals surface area (Å²) in [4.78, 5) is 17.3. The van der Waals surface area contributed by atoms with Crippen molar-refractivity contribution in [1.29, 1.82) is 0 Å². The van der Waals surface area contributed by atoms with Crippen LogP contribution >= 0.6 is 23.7 Å². The van der Waals surface area contributed by atoms with Crippen LogP contribution in [0.1, 0.15) is 16.9 Å². The molecule has 0 saturated carbocycles. The smallest absolute Gasteiger partial charge is 0.227 e. The minimum Gasteiger partial charge on any atom is -0.319 e. The van der Waals surface area contributed by atoms with E-state index >= 15 is 0 Å². The van der Waals surface area contributed by atoms with Crippen molar-refractivity contribution in [2.75, 3.05) is 18.9 Å². The normalized spacial score (nSPS) is 10.0. The Morgan fingerprint density at radius 3 is 2.52 bits per heavy atom. The maximum absolute atomic E-state index is 11.7. The SMILES string of the molecule is CNCCC(=O)Nc1nc(-c2ccc(C)cc2)c(C)s1.Cl. The van der Waals surface area contributed by atoms with Crippen LogP contribution in [0.4, 0.5) is 5.13 Å². The van der Waals surface area contributed by atoms with Gasteiger partial charge in [0, 0.05) is 23.4 Å². The number of hydrogen-bond donors (Lipinski definition) is 2. The van der Waals surface area contributed by atoms with Gasteiger partial charge in [0.05, 0.1) is 5.69 Å². The van der Waals surface area contributed by atoms with E-state index in [-0.39, 0.29) is 18.3 Å². The van der Waals surface area contributed by atoms with E-state index in [0.717, 1.165) is 16.1 Å². The van der Waals surface area contributed by atoms with Crippen molar-refractivity contribution in [2.45, 2.75) is 20.3 Å². The number of benzene rings is 1. The third-order valence-corrected chi connectivity index (χ3v) is 3.86. The minimum atomic E-state index is -0.0106. The van der Waals surface area contributed by atoms with Crippen LogP contribution in [-0.2, 0) is 4.79 Å². The molecule has 0 spiro atoms. The van der Waals surface area contributed by atoms with Gasteiger partial charge in [0.15, 0.2) is 5.13 Å². The summed E-state index contributed by atoms with van der Waals surface area (Å²) in [5.41, 5.74) is 3.25. The molecule has 2 aromatic rings. The van der Waals surface area contributed by atoms with Crippen molar-refractivity contribution in [2.24, 2.45) is 0 Å². The van der Waals surface area contributed by atoms with Gasteiger partial charge in [0.1, 0.15) is 0 Å². The van der Waals surface area contributed by atoms with Crippen molar-refractivity contribution in [3.8, 4) is 11.3 Å². The van der Waals surface area contributed by atoms with Crippen LogP contribution in [0.5, 0.6) is 0 Å². The number of aromatic nitrogens is 1. The molecule has 1 aromatic carbocycles. The molecular weight excluding hydrogens is 306 g/mol. The molecule has 0 bridgehead atoms. The topological polar surface area (TPSA) is 54.0 Å². The zero-order valence-corrected chi connectivity index (χ0v) is 14.0. The number of amides is 1. The highest BCUT2D eigenvalue weighted by Gasteiger charge is 2.11. The highest BCUT2D eigenvalue weighted by molar-refractivity contribution is 7.16. The van der Waals surface area contributed by atoms with Gasteiger partial charge in [0.25, 0.3) is 0 Å². The molecular formula is C15H20ClN3OS. The van der Waals surface area contributed by atoms with E-state index < -0.39 is 0 Å². The van der Waals surface area contributed by atoms with Crippen molar-refractivity contribution >= 4 is 34.8 Å². The number of nitrogens with zero attached hydrogens (tertiary/aromatic N) is 1. The molecule has 4 nitrogen and oxygen atoms in total. The first-order valence-electron chi connectivity index (χ1n) is 6.59. The second kappa shape index (κ2) is 8.12. The van der Waals surface area contributed by atoms with Crippen molar-refractivity contribution in [3.63, 3.8) is 0 Å².